The first-order chi connectivity index (χ1) is 11.4. The highest BCUT2D eigenvalue weighted by Crippen LogP contribution is 2.34. The molecule has 2 N–H and O–H groups in total. The van der Waals surface area contributed by atoms with E-state index in [4.69, 9.17) is 0 Å². The average Bonchev–Trinajstić information content (AvgIpc) is 2.54. The summed E-state index contributed by atoms with van der Waals surface area (Å²) in [5, 5.41) is 13.7. The molecule has 122 valence electrons. The van der Waals surface area contributed by atoms with Gasteiger partial charge in [0.2, 0.25) is 0 Å². The lowest BCUT2D eigenvalue weighted by molar-refractivity contribution is -0.137. The van der Waals surface area contributed by atoms with Crippen molar-refractivity contribution in [1.82, 2.24) is 0 Å². The molecule has 0 fully saturated rings. The van der Waals surface area contributed by atoms with Crippen molar-refractivity contribution in [2.45, 2.75) is 6.18 Å². The lowest BCUT2D eigenvalue weighted by Crippen LogP contribution is -2.09. The van der Waals surface area contributed by atoms with E-state index in [2.05, 4.69) is 5.32 Å². The summed E-state index contributed by atoms with van der Waals surface area (Å²) in [6, 6.07) is 15.2. The van der Waals surface area contributed by atoms with Crippen molar-refractivity contribution >= 4 is 28.1 Å². The SMILES string of the molecule is O=C(O)c1ccc(C(F)(F)F)cc1Nc1cccc2ccccc12. The first-order valence-electron chi connectivity index (χ1n) is 7.05. The third kappa shape index (κ3) is 3.03. The van der Waals surface area contributed by atoms with Gasteiger partial charge in [-0.05, 0) is 29.7 Å². The van der Waals surface area contributed by atoms with Crippen LogP contribution in [-0.2, 0) is 6.18 Å². The molecule has 0 aliphatic carbocycles. The van der Waals surface area contributed by atoms with Gasteiger partial charge in [-0.2, -0.15) is 13.2 Å². The number of carboxylic acids is 1. The number of halogens is 3. The third-order valence-electron chi connectivity index (χ3n) is 3.64. The fourth-order valence-electron chi connectivity index (χ4n) is 2.49. The molecular formula is C18H12F3NO2. The minimum absolute atomic E-state index is 0.103. The topological polar surface area (TPSA) is 49.3 Å². The highest BCUT2D eigenvalue weighted by molar-refractivity contribution is 5.99. The lowest BCUT2D eigenvalue weighted by Gasteiger charge is -2.15. The number of benzene rings is 3. The first-order valence-corrected chi connectivity index (χ1v) is 7.05. The fourth-order valence-corrected chi connectivity index (χ4v) is 2.49. The van der Waals surface area contributed by atoms with Crippen LogP contribution in [0.4, 0.5) is 24.5 Å². The monoisotopic (exact) mass is 331 g/mol. The maximum Gasteiger partial charge on any atom is 0.416 e. The van der Waals surface area contributed by atoms with Gasteiger partial charge in [0.1, 0.15) is 0 Å². The average molecular weight is 331 g/mol. The predicted molar refractivity (Wildman–Crippen MR) is 85.6 cm³/mol. The summed E-state index contributed by atoms with van der Waals surface area (Å²) in [5.41, 5.74) is -0.699. The molecule has 0 bridgehead atoms. The normalized spacial score (nSPS) is 11.5. The molecule has 0 aromatic heterocycles. The molecule has 0 atom stereocenters. The van der Waals surface area contributed by atoms with Crippen LogP contribution < -0.4 is 5.32 Å². The van der Waals surface area contributed by atoms with Crippen molar-refractivity contribution in [3.63, 3.8) is 0 Å². The van der Waals surface area contributed by atoms with Crippen LogP contribution in [0.2, 0.25) is 0 Å². The zero-order valence-electron chi connectivity index (χ0n) is 12.3. The van der Waals surface area contributed by atoms with Gasteiger partial charge in [-0.3, -0.25) is 0 Å². The molecular weight excluding hydrogens is 319 g/mol. The van der Waals surface area contributed by atoms with Gasteiger partial charge in [-0.25, -0.2) is 4.79 Å². The molecule has 0 aliphatic heterocycles. The van der Waals surface area contributed by atoms with E-state index in [1.807, 2.05) is 24.3 Å². The number of carbonyl (C=O) groups is 1. The van der Waals surface area contributed by atoms with E-state index in [0.29, 0.717) is 5.69 Å². The number of fused-ring (bicyclic) bond motifs is 1. The highest BCUT2D eigenvalue weighted by atomic mass is 19.4. The summed E-state index contributed by atoms with van der Waals surface area (Å²) >= 11 is 0. The van der Waals surface area contributed by atoms with Crippen molar-refractivity contribution in [3.05, 3.63) is 71.8 Å². The Morgan fingerprint density at radius 3 is 2.33 bits per heavy atom. The molecule has 0 amide bonds. The van der Waals surface area contributed by atoms with Crippen LogP contribution in [-0.4, -0.2) is 11.1 Å². The Labute approximate surface area is 135 Å². The molecule has 0 saturated carbocycles. The Hall–Kier alpha value is -3.02. The summed E-state index contributed by atoms with van der Waals surface area (Å²) in [6.07, 6.45) is -4.55. The quantitative estimate of drug-likeness (QED) is 0.684. The standard InChI is InChI=1S/C18H12F3NO2/c19-18(20,21)12-8-9-14(17(23)24)16(10-12)22-15-7-3-5-11-4-1-2-6-13(11)15/h1-10,22H,(H,23,24). The van der Waals surface area contributed by atoms with Crippen LogP contribution in [0.3, 0.4) is 0 Å². The number of carboxylic acid groups (broad SMARTS) is 1. The number of aromatic carboxylic acids is 1. The van der Waals surface area contributed by atoms with E-state index < -0.39 is 17.7 Å². The van der Waals surface area contributed by atoms with Crippen molar-refractivity contribution in [2.75, 3.05) is 5.32 Å². The molecule has 0 aliphatic rings. The highest BCUT2D eigenvalue weighted by Gasteiger charge is 2.31. The second-order valence-corrected chi connectivity index (χ2v) is 5.21. The van der Waals surface area contributed by atoms with Crippen LogP contribution in [0.1, 0.15) is 15.9 Å². The maximum absolute atomic E-state index is 12.9. The second kappa shape index (κ2) is 5.88. The van der Waals surface area contributed by atoms with Gasteiger partial charge in [-0.15, -0.1) is 0 Å². The van der Waals surface area contributed by atoms with E-state index in [-0.39, 0.29) is 11.3 Å². The summed E-state index contributed by atoms with van der Waals surface area (Å²) in [4.78, 5) is 11.3. The molecule has 3 rings (SSSR count). The van der Waals surface area contributed by atoms with Crippen LogP contribution in [0, 0.1) is 0 Å². The summed E-state index contributed by atoms with van der Waals surface area (Å²) in [6.45, 7) is 0. The minimum atomic E-state index is -4.55. The van der Waals surface area contributed by atoms with Crippen LogP contribution in [0.25, 0.3) is 10.8 Å². The molecule has 0 spiro atoms. The molecule has 0 heterocycles. The van der Waals surface area contributed by atoms with Crippen LogP contribution in [0.15, 0.2) is 60.7 Å². The first kappa shape index (κ1) is 15.9. The number of alkyl halides is 3. The molecule has 24 heavy (non-hydrogen) atoms. The van der Waals surface area contributed by atoms with E-state index in [1.54, 1.807) is 18.2 Å². The van der Waals surface area contributed by atoms with Crippen LogP contribution in [0.5, 0.6) is 0 Å². The zero-order chi connectivity index (χ0) is 17.3. The fraction of sp³-hybridized carbons (Fsp3) is 0.0556. The molecule has 3 aromatic rings. The van der Waals surface area contributed by atoms with Gasteiger partial charge >= 0.3 is 12.1 Å². The molecule has 3 nitrogen and oxygen atoms in total. The van der Waals surface area contributed by atoms with E-state index in [9.17, 15) is 23.1 Å². The Bertz CT molecular complexity index is 914. The minimum Gasteiger partial charge on any atom is -0.478 e. The number of hydrogen-bond donors (Lipinski definition) is 2. The van der Waals surface area contributed by atoms with Gasteiger partial charge in [0.15, 0.2) is 0 Å². The van der Waals surface area contributed by atoms with Gasteiger partial charge in [0.25, 0.3) is 0 Å². The Balaban J connectivity index is 2.12. The molecule has 0 unspecified atom stereocenters. The smallest absolute Gasteiger partial charge is 0.416 e. The number of nitrogens with one attached hydrogen (secondary N) is 1. The largest absolute Gasteiger partial charge is 0.478 e. The third-order valence-corrected chi connectivity index (χ3v) is 3.64. The summed E-state index contributed by atoms with van der Waals surface area (Å²) in [7, 11) is 0. The summed E-state index contributed by atoms with van der Waals surface area (Å²) < 4.78 is 38.8. The van der Waals surface area contributed by atoms with Crippen molar-refractivity contribution in [1.29, 1.82) is 0 Å². The van der Waals surface area contributed by atoms with Crippen LogP contribution >= 0.6 is 0 Å². The molecule has 0 saturated heterocycles. The lowest BCUT2D eigenvalue weighted by atomic mass is 10.1. The zero-order valence-corrected chi connectivity index (χ0v) is 12.3. The Morgan fingerprint density at radius 1 is 0.917 bits per heavy atom. The molecule has 6 heteroatoms. The summed E-state index contributed by atoms with van der Waals surface area (Å²) in [5.74, 6) is -1.30. The van der Waals surface area contributed by atoms with Gasteiger partial charge < -0.3 is 10.4 Å². The van der Waals surface area contributed by atoms with Gasteiger partial charge in [0, 0.05) is 11.1 Å². The Morgan fingerprint density at radius 2 is 1.62 bits per heavy atom. The predicted octanol–water partition coefficient (Wildman–Crippen LogP) is 5.30. The van der Waals surface area contributed by atoms with Gasteiger partial charge in [0.05, 0.1) is 16.8 Å². The van der Waals surface area contributed by atoms with E-state index >= 15 is 0 Å². The molecule has 3 aromatic carbocycles. The Kier molecular flexibility index (Phi) is 3.89. The number of hydrogen-bond acceptors (Lipinski definition) is 2. The number of anilines is 2. The second-order valence-electron chi connectivity index (χ2n) is 5.21. The van der Waals surface area contributed by atoms with E-state index in [1.165, 1.54) is 0 Å². The van der Waals surface area contributed by atoms with E-state index in [0.717, 1.165) is 29.0 Å². The molecule has 0 radical (unpaired) electrons. The van der Waals surface area contributed by atoms with Crippen molar-refractivity contribution in [2.24, 2.45) is 0 Å². The van der Waals surface area contributed by atoms with Gasteiger partial charge in [-0.1, -0.05) is 36.4 Å². The van der Waals surface area contributed by atoms with Crippen molar-refractivity contribution < 1.29 is 23.1 Å². The number of rotatable bonds is 3. The van der Waals surface area contributed by atoms with Crippen molar-refractivity contribution in [3.8, 4) is 0 Å². The maximum atomic E-state index is 12.9.